The molecular weight excluding hydrogens is 196 g/mol. The summed E-state index contributed by atoms with van der Waals surface area (Å²) in [5, 5.41) is 18.5. The fourth-order valence-corrected chi connectivity index (χ4v) is 1.70. The predicted octanol–water partition coefficient (Wildman–Crippen LogP) is 1.37. The predicted molar refractivity (Wildman–Crippen MR) is 54.9 cm³/mol. The molecule has 5 heteroatoms. The van der Waals surface area contributed by atoms with Crippen molar-refractivity contribution < 1.29 is 15.0 Å². The Hall–Kier alpha value is -1.36. The standard InChI is InChI=1S/C10H16N2O3/c1-6(4-10(2,3)15)7-8(9(13)14)12-5-11-7/h5-6,15H,4H2,1-3H3,(H,11,12)(H,13,14). The molecule has 0 aliphatic heterocycles. The lowest BCUT2D eigenvalue weighted by Gasteiger charge is -2.21. The molecule has 1 heterocycles. The minimum atomic E-state index is -1.02. The molecule has 3 N–H and O–H groups in total. The van der Waals surface area contributed by atoms with E-state index in [9.17, 15) is 9.90 Å². The van der Waals surface area contributed by atoms with Crippen LogP contribution in [-0.2, 0) is 0 Å². The van der Waals surface area contributed by atoms with Crippen molar-refractivity contribution in [3.8, 4) is 0 Å². The lowest BCUT2D eigenvalue weighted by molar-refractivity contribution is 0.0623. The van der Waals surface area contributed by atoms with Gasteiger partial charge in [-0.3, -0.25) is 0 Å². The lowest BCUT2D eigenvalue weighted by Crippen LogP contribution is -2.22. The van der Waals surface area contributed by atoms with Crippen LogP contribution in [0.15, 0.2) is 6.33 Å². The van der Waals surface area contributed by atoms with Gasteiger partial charge in [0.1, 0.15) is 5.69 Å². The molecule has 84 valence electrons. The topological polar surface area (TPSA) is 86.2 Å². The molecule has 0 spiro atoms. The number of aromatic amines is 1. The summed E-state index contributed by atoms with van der Waals surface area (Å²) in [6, 6.07) is 0. The van der Waals surface area contributed by atoms with Crippen LogP contribution in [0.25, 0.3) is 0 Å². The molecule has 0 bridgehead atoms. The van der Waals surface area contributed by atoms with Gasteiger partial charge in [-0.15, -0.1) is 0 Å². The Labute approximate surface area is 88.2 Å². The first-order valence-electron chi connectivity index (χ1n) is 4.80. The molecule has 0 aromatic carbocycles. The number of carboxylic acids is 1. The van der Waals surface area contributed by atoms with Crippen molar-refractivity contribution in [2.24, 2.45) is 0 Å². The Balaban J connectivity index is 2.87. The summed E-state index contributed by atoms with van der Waals surface area (Å²) in [6.45, 7) is 5.23. The van der Waals surface area contributed by atoms with Crippen molar-refractivity contribution in [1.29, 1.82) is 0 Å². The summed E-state index contributed by atoms with van der Waals surface area (Å²) in [4.78, 5) is 17.4. The van der Waals surface area contributed by atoms with Crippen molar-refractivity contribution in [2.45, 2.75) is 38.7 Å². The van der Waals surface area contributed by atoms with Crippen molar-refractivity contribution in [3.05, 3.63) is 17.7 Å². The largest absolute Gasteiger partial charge is 0.477 e. The Kier molecular flexibility index (Phi) is 3.14. The number of carboxylic acid groups (broad SMARTS) is 1. The molecule has 0 amide bonds. The number of aliphatic hydroxyl groups is 1. The van der Waals surface area contributed by atoms with Crippen LogP contribution in [-0.4, -0.2) is 31.8 Å². The highest BCUT2D eigenvalue weighted by atomic mass is 16.4. The zero-order chi connectivity index (χ0) is 11.6. The van der Waals surface area contributed by atoms with E-state index in [0.717, 1.165) is 0 Å². The quantitative estimate of drug-likeness (QED) is 0.703. The fourth-order valence-electron chi connectivity index (χ4n) is 1.70. The average Bonchev–Trinajstić information content (AvgIpc) is 2.47. The van der Waals surface area contributed by atoms with Gasteiger partial charge in [-0.25, -0.2) is 9.78 Å². The zero-order valence-corrected chi connectivity index (χ0v) is 9.11. The van der Waals surface area contributed by atoms with Gasteiger partial charge in [0.25, 0.3) is 0 Å². The van der Waals surface area contributed by atoms with E-state index in [1.807, 2.05) is 6.92 Å². The van der Waals surface area contributed by atoms with Crippen LogP contribution in [0.1, 0.15) is 49.3 Å². The third-order valence-electron chi connectivity index (χ3n) is 2.16. The van der Waals surface area contributed by atoms with E-state index in [0.29, 0.717) is 12.1 Å². The maximum atomic E-state index is 10.8. The second-order valence-electron chi connectivity index (χ2n) is 4.39. The lowest BCUT2D eigenvalue weighted by atomic mass is 9.92. The fraction of sp³-hybridized carbons (Fsp3) is 0.600. The second-order valence-corrected chi connectivity index (χ2v) is 4.39. The van der Waals surface area contributed by atoms with Gasteiger partial charge < -0.3 is 15.2 Å². The molecule has 15 heavy (non-hydrogen) atoms. The molecule has 1 unspecified atom stereocenters. The summed E-state index contributed by atoms with van der Waals surface area (Å²) in [6.07, 6.45) is 1.83. The molecular formula is C10H16N2O3. The summed E-state index contributed by atoms with van der Waals surface area (Å²) in [5.74, 6) is -1.12. The highest BCUT2D eigenvalue weighted by Gasteiger charge is 2.24. The Morgan fingerprint density at radius 1 is 1.67 bits per heavy atom. The van der Waals surface area contributed by atoms with Gasteiger partial charge in [0.05, 0.1) is 17.6 Å². The molecule has 0 aliphatic rings. The molecule has 1 rings (SSSR count). The monoisotopic (exact) mass is 212 g/mol. The normalized spacial score (nSPS) is 13.9. The number of hydrogen-bond acceptors (Lipinski definition) is 3. The van der Waals surface area contributed by atoms with Crippen molar-refractivity contribution in [1.82, 2.24) is 9.97 Å². The molecule has 1 aromatic heterocycles. The van der Waals surface area contributed by atoms with Crippen LogP contribution in [0, 0.1) is 0 Å². The summed E-state index contributed by atoms with van der Waals surface area (Å²) >= 11 is 0. The first kappa shape index (κ1) is 11.7. The van der Waals surface area contributed by atoms with Crippen LogP contribution in [0.3, 0.4) is 0 Å². The number of H-pyrrole nitrogens is 1. The number of carbonyl (C=O) groups is 1. The molecule has 0 aliphatic carbocycles. The van der Waals surface area contributed by atoms with Crippen molar-refractivity contribution in [3.63, 3.8) is 0 Å². The Morgan fingerprint density at radius 3 is 2.73 bits per heavy atom. The van der Waals surface area contributed by atoms with Gasteiger partial charge >= 0.3 is 5.97 Å². The zero-order valence-electron chi connectivity index (χ0n) is 9.11. The smallest absolute Gasteiger partial charge is 0.354 e. The van der Waals surface area contributed by atoms with Crippen molar-refractivity contribution >= 4 is 5.97 Å². The van der Waals surface area contributed by atoms with Gasteiger partial charge in [0.15, 0.2) is 0 Å². The van der Waals surface area contributed by atoms with Crippen LogP contribution >= 0.6 is 0 Å². The molecule has 0 saturated heterocycles. The van der Waals surface area contributed by atoms with E-state index >= 15 is 0 Å². The Bertz CT molecular complexity index is 352. The van der Waals surface area contributed by atoms with Crippen LogP contribution in [0.4, 0.5) is 0 Å². The van der Waals surface area contributed by atoms with Crippen LogP contribution in [0.2, 0.25) is 0 Å². The van der Waals surface area contributed by atoms with E-state index in [1.54, 1.807) is 13.8 Å². The number of rotatable bonds is 4. The maximum Gasteiger partial charge on any atom is 0.354 e. The molecule has 0 saturated carbocycles. The third kappa shape index (κ3) is 3.06. The third-order valence-corrected chi connectivity index (χ3v) is 2.16. The van der Waals surface area contributed by atoms with Gasteiger partial charge in [-0.1, -0.05) is 6.92 Å². The van der Waals surface area contributed by atoms with E-state index < -0.39 is 11.6 Å². The first-order valence-corrected chi connectivity index (χ1v) is 4.80. The van der Waals surface area contributed by atoms with Gasteiger partial charge in [-0.05, 0) is 20.3 Å². The number of nitrogens with one attached hydrogen (secondary N) is 1. The molecule has 0 radical (unpaired) electrons. The first-order chi connectivity index (χ1) is 6.81. The average molecular weight is 212 g/mol. The highest BCUT2D eigenvalue weighted by molar-refractivity contribution is 5.86. The van der Waals surface area contributed by atoms with Gasteiger partial charge in [-0.2, -0.15) is 0 Å². The van der Waals surface area contributed by atoms with Crippen LogP contribution < -0.4 is 0 Å². The molecule has 0 fully saturated rings. The van der Waals surface area contributed by atoms with E-state index in [-0.39, 0.29) is 11.6 Å². The number of hydrogen-bond donors (Lipinski definition) is 3. The maximum absolute atomic E-state index is 10.8. The van der Waals surface area contributed by atoms with Crippen molar-refractivity contribution in [2.75, 3.05) is 0 Å². The number of imidazole rings is 1. The highest BCUT2D eigenvalue weighted by Crippen LogP contribution is 2.25. The van der Waals surface area contributed by atoms with E-state index in [1.165, 1.54) is 6.33 Å². The summed E-state index contributed by atoms with van der Waals surface area (Å²) in [7, 11) is 0. The number of aromatic nitrogens is 2. The summed E-state index contributed by atoms with van der Waals surface area (Å²) in [5.41, 5.74) is -0.231. The molecule has 5 nitrogen and oxygen atoms in total. The minimum Gasteiger partial charge on any atom is -0.477 e. The SMILES string of the molecule is CC(CC(C)(C)O)c1nc[nH]c1C(=O)O. The molecule has 1 aromatic rings. The van der Waals surface area contributed by atoms with E-state index in [2.05, 4.69) is 9.97 Å². The minimum absolute atomic E-state index is 0.0950. The van der Waals surface area contributed by atoms with Gasteiger partial charge in [0.2, 0.25) is 0 Å². The second kappa shape index (κ2) is 4.02. The number of nitrogens with zero attached hydrogens (tertiary/aromatic N) is 1. The van der Waals surface area contributed by atoms with Crippen LogP contribution in [0.5, 0.6) is 0 Å². The number of aromatic carboxylic acids is 1. The Morgan fingerprint density at radius 2 is 2.27 bits per heavy atom. The van der Waals surface area contributed by atoms with Gasteiger partial charge in [0, 0.05) is 5.92 Å². The molecule has 1 atom stereocenters. The van der Waals surface area contributed by atoms with E-state index in [4.69, 9.17) is 5.11 Å². The summed E-state index contributed by atoms with van der Waals surface area (Å²) < 4.78 is 0.